The Morgan fingerprint density at radius 1 is 1.26 bits per heavy atom. The molecule has 0 saturated carbocycles. The Hall–Kier alpha value is -1.71. The molecule has 0 aliphatic heterocycles. The fourth-order valence-electron chi connectivity index (χ4n) is 1.72. The molecular formula is C14H13Cl2N3. The van der Waals surface area contributed by atoms with Crippen LogP contribution in [-0.2, 0) is 0 Å². The molecule has 1 heterocycles. The maximum Gasteiger partial charge on any atom is 0.0845 e. The minimum Gasteiger partial charge on any atom is -0.352 e. The Kier molecular flexibility index (Phi) is 3.98. The van der Waals surface area contributed by atoms with Crippen molar-refractivity contribution in [3.8, 4) is 0 Å². The Labute approximate surface area is 121 Å². The topological polar surface area (TPSA) is 40.7 Å². The maximum absolute atomic E-state index is 6.14. The van der Waals surface area contributed by atoms with E-state index in [4.69, 9.17) is 23.2 Å². The number of nitrogens with one attached hydrogen (secondary N) is 2. The Morgan fingerprint density at radius 2 is 1.89 bits per heavy atom. The van der Waals surface area contributed by atoms with Gasteiger partial charge in [-0.25, -0.2) is 0 Å². The van der Waals surface area contributed by atoms with Gasteiger partial charge in [-0.15, -0.1) is 0 Å². The van der Waals surface area contributed by atoms with Crippen molar-refractivity contribution in [2.45, 2.75) is 6.92 Å². The van der Waals surface area contributed by atoms with E-state index in [9.17, 15) is 0 Å². The first kappa shape index (κ1) is 13.7. The summed E-state index contributed by atoms with van der Waals surface area (Å²) in [6.07, 6.45) is 1.67. The van der Waals surface area contributed by atoms with Crippen molar-refractivity contribution >= 4 is 40.2 Å². The molecule has 2 N–H and O–H groups in total. The van der Waals surface area contributed by atoms with Gasteiger partial charge in [0, 0.05) is 11.3 Å². The second-order valence-corrected chi connectivity index (χ2v) is 4.95. The lowest BCUT2D eigenvalue weighted by atomic mass is 10.1. The van der Waals surface area contributed by atoms with Gasteiger partial charge in [-0.3, -0.25) is 5.10 Å². The number of hydrogen-bond acceptors (Lipinski definition) is 2. The minimum atomic E-state index is 0.547. The first-order valence-corrected chi connectivity index (χ1v) is 6.36. The monoisotopic (exact) mass is 293 g/mol. The summed E-state index contributed by atoms with van der Waals surface area (Å²) in [5.41, 5.74) is 3.77. The number of aromatic nitrogens is 2. The van der Waals surface area contributed by atoms with Gasteiger partial charge in [0.05, 0.1) is 27.6 Å². The van der Waals surface area contributed by atoms with Gasteiger partial charge in [-0.05, 0) is 24.6 Å². The summed E-state index contributed by atoms with van der Waals surface area (Å²) in [4.78, 5) is 0. The molecule has 0 fully saturated rings. The zero-order valence-corrected chi connectivity index (χ0v) is 11.9. The van der Waals surface area contributed by atoms with Gasteiger partial charge < -0.3 is 5.32 Å². The number of rotatable bonds is 4. The van der Waals surface area contributed by atoms with Gasteiger partial charge in [0.25, 0.3) is 0 Å². The fourth-order valence-corrected chi connectivity index (χ4v) is 2.34. The first-order chi connectivity index (χ1) is 9.00. The molecule has 1 aromatic heterocycles. The van der Waals surface area contributed by atoms with Crippen LogP contribution in [0.3, 0.4) is 0 Å². The zero-order valence-electron chi connectivity index (χ0n) is 10.4. The number of aromatic amines is 1. The summed E-state index contributed by atoms with van der Waals surface area (Å²) in [7, 11) is 0. The number of anilines is 1. The molecule has 5 heteroatoms. The third kappa shape index (κ3) is 2.83. The van der Waals surface area contributed by atoms with Crippen LogP contribution in [0.15, 0.2) is 37.6 Å². The molecule has 19 heavy (non-hydrogen) atoms. The summed E-state index contributed by atoms with van der Waals surface area (Å²) in [5, 5.41) is 11.1. The van der Waals surface area contributed by atoms with Gasteiger partial charge in [0.1, 0.15) is 0 Å². The van der Waals surface area contributed by atoms with E-state index in [1.807, 2.05) is 6.92 Å². The van der Waals surface area contributed by atoms with Crippen molar-refractivity contribution in [2.24, 2.45) is 0 Å². The fraction of sp³-hybridized carbons (Fsp3) is 0.0714. The van der Waals surface area contributed by atoms with Crippen molar-refractivity contribution in [2.75, 3.05) is 5.32 Å². The lowest BCUT2D eigenvalue weighted by molar-refractivity contribution is 1.07. The van der Waals surface area contributed by atoms with Gasteiger partial charge in [0.15, 0.2) is 0 Å². The SMILES string of the molecule is C=C(C)c1[nH]ncc1NC(=C)c1c(Cl)cccc1Cl. The van der Waals surface area contributed by atoms with Crippen molar-refractivity contribution < 1.29 is 0 Å². The van der Waals surface area contributed by atoms with Crippen LogP contribution in [0.25, 0.3) is 11.3 Å². The molecule has 0 aliphatic carbocycles. The van der Waals surface area contributed by atoms with Gasteiger partial charge in [0.2, 0.25) is 0 Å². The van der Waals surface area contributed by atoms with E-state index in [0.717, 1.165) is 17.0 Å². The highest BCUT2D eigenvalue weighted by atomic mass is 35.5. The van der Waals surface area contributed by atoms with Crippen LogP contribution >= 0.6 is 23.2 Å². The standard InChI is InChI=1S/C14H13Cl2N3/c1-8(2)14-12(7-17-19-14)18-9(3)13-10(15)5-4-6-11(13)16/h4-7,18H,1,3H2,2H3,(H,17,19). The second kappa shape index (κ2) is 5.51. The summed E-state index contributed by atoms with van der Waals surface area (Å²) in [5.74, 6) is 0. The predicted molar refractivity (Wildman–Crippen MR) is 82.4 cm³/mol. The molecule has 2 rings (SSSR count). The lowest BCUT2D eigenvalue weighted by Crippen LogP contribution is -2.00. The van der Waals surface area contributed by atoms with Crippen LogP contribution in [0.5, 0.6) is 0 Å². The van der Waals surface area contributed by atoms with Gasteiger partial charge in [-0.1, -0.05) is 42.4 Å². The molecule has 0 aliphatic rings. The van der Waals surface area contributed by atoms with E-state index < -0.39 is 0 Å². The normalized spacial score (nSPS) is 10.3. The molecule has 0 atom stereocenters. The molecule has 0 amide bonds. The molecule has 1 aromatic carbocycles. The number of nitrogens with zero attached hydrogens (tertiary/aromatic N) is 1. The average Bonchev–Trinajstić information content (AvgIpc) is 2.76. The maximum atomic E-state index is 6.14. The smallest absolute Gasteiger partial charge is 0.0845 e. The zero-order chi connectivity index (χ0) is 14.0. The minimum absolute atomic E-state index is 0.547. The highest BCUT2D eigenvalue weighted by molar-refractivity contribution is 6.37. The number of hydrogen-bond donors (Lipinski definition) is 2. The number of halogens is 2. The predicted octanol–water partition coefficient (Wildman–Crippen LogP) is 4.83. The number of benzene rings is 1. The van der Waals surface area contributed by atoms with Crippen molar-refractivity contribution in [1.29, 1.82) is 0 Å². The van der Waals surface area contributed by atoms with E-state index in [1.54, 1.807) is 24.4 Å². The molecule has 0 unspecified atom stereocenters. The third-order valence-corrected chi connectivity index (χ3v) is 3.25. The van der Waals surface area contributed by atoms with Crippen molar-refractivity contribution in [3.05, 3.63) is 58.9 Å². The highest BCUT2D eigenvalue weighted by Gasteiger charge is 2.12. The lowest BCUT2D eigenvalue weighted by Gasteiger charge is -2.12. The molecule has 2 aromatic rings. The largest absolute Gasteiger partial charge is 0.352 e. The highest BCUT2D eigenvalue weighted by Crippen LogP contribution is 2.32. The van der Waals surface area contributed by atoms with E-state index >= 15 is 0 Å². The molecule has 0 bridgehead atoms. The Morgan fingerprint density at radius 3 is 2.47 bits per heavy atom. The average molecular weight is 294 g/mol. The van der Waals surface area contributed by atoms with Crippen LogP contribution in [0.2, 0.25) is 10.0 Å². The van der Waals surface area contributed by atoms with Crippen LogP contribution in [0.1, 0.15) is 18.2 Å². The summed E-state index contributed by atoms with van der Waals surface area (Å²) >= 11 is 12.3. The summed E-state index contributed by atoms with van der Waals surface area (Å²) < 4.78 is 0. The van der Waals surface area contributed by atoms with E-state index in [1.165, 1.54) is 0 Å². The number of H-pyrrole nitrogens is 1. The van der Waals surface area contributed by atoms with Crippen molar-refractivity contribution in [1.82, 2.24) is 10.2 Å². The quantitative estimate of drug-likeness (QED) is 0.847. The number of allylic oxidation sites excluding steroid dienone is 1. The van der Waals surface area contributed by atoms with E-state index in [-0.39, 0.29) is 0 Å². The summed E-state index contributed by atoms with van der Waals surface area (Å²) in [6.45, 7) is 9.74. The molecular weight excluding hydrogens is 281 g/mol. The summed E-state index contributed by atoms with van der Waals surface area (Å²) in [6, 6.07) is 5.33. The Bertz CT molecular complexity index is 624. The first-order valence-electron chi connectivity index (χ1n) is 5.60. The van der Waals surface area contributed by atoms with Gasteiger partial charge in [-0.2, -0.15) is 5.10 Å². The Balaban J connectivity index is 2.31. The van der Waals surface area contributed by atoms with E-state index in [0.29, 0.717) is 21.3 Å². The van der Waals surface area contributed by atoms with Gasteiger partial charge >= 0.3 is 0 Å². The van der Waals surface area contributed by atoms with Crippen LogP contribution in [-0.4, -0.2) is 10.2 Å². The third-order valence-electron chi connectivity index (χ3n) is 2.62. The van der Waals surface area contributed by atoms with Crippen LogP contribution < -0.4 is 5.32 Å². The van der Waals surface area contributed by atoms with E-state index in [2.05, 4.69) is 28.7 Å². The van der Waals surface area contributed by atoms with Crippen molar-refractivity contribution in [3.63, 3.8) is 0 Å². The second-order valence-electron chi connectivity index (χ2n) is 4.14. The molecule has 0 spiro atoms. The van der Waals surface area contributed by atoms with Crippen LogP contribution in [0, 0.1) is 0 Å². The molecule has 98 valence electrons. The molecule has 0 radical (unpaired) electrons. The molecule has 0 saturated heterocycles. The molecule has 3 nitrogen and oxygen atoms in total. The van der Waals surface area contributed by atoms with Crippen LogP contribution in [0.4, 0.5) is 5.69 Å².